The Labute approximate surface area is 116 Å². The van der Waals surface area contributed by atoms with Crippen LogP contribution in [-0.2, 0) is 11.3 Å². The van der Waals surface area contributed by atoms with E-state index in [1.807, 2.05) is 6.92 Å². The van der Waals surface area contributed by atoms with Gasteiger partial charge in [0.05, 0.1) is 18.5 Å². The maximum Gasteiger partial charge on any atom is 0.356 e. The molecular formula is C12H18N4O4. The number of hydrogen-bond acceptors (Lipinski definition) is 4. The van der Waals surface area contributed by atoms with E-state index in [4.69, 9.17) is 9.84 Å². The maximum atomic E-state index is 11.7. The van der Waals surface area contributed by atoms with Crippen LogP contribution < -0.4 is 10.6 Å². The number of nitrogens with zero attached hydrogens (tertiary/aromatic N) is 2. The number of urea groups is 1. The van der Waals surface area contributed by atoms with E-state index in [0.29, 0.717) is 19.7 Å². The Bertz CT molecular complexity index is 488. The fourth-order valence-corrected chi connectivity index (χ4v) is 2.03. The van der Waals surface area contributed by atoms with Crippen LogP contribution in [0.1, 0.15) is 23.8 Å². The highest BCUT2D eigenvalue weighted by atomic mass is 16.5. The molecule has 0 bridgehead atoms. The lowest BCUT2D eigenvalue weighted by Crippen LogP contribution is -2.45. The SMILES string of the molecule is CC1OCCC1NC(=O)NCCn1cnc(C(=O)O)c1. The molecule has 2 unspecified atom stereocenters. The molecule has 2 rings (SSSR count). The van der Waals surface area contributed by atoms with Gasteiger partial charge in [0.25, 0.3) is 0 Å². The number of ether oxygens (including phenoxy) is 1. The minimum Gasteiger partial charge on any atom is -0.476 e. The molecule has 110 valence electrons. The van der Waals surface area contributed by atoms with Gasteiger partial charge in [0.1, 0.15) is 0 Å². The molecule has 1 aromatic rings. The Morgan fingerprint density at radius 3 is 3.00 bits per heavy atom. The van der Waals surface area contributed by atoms with E-state index < -0.39 is 5.97 Å². The zero-order chi connectivity index (χ0) is 14.5. The molecule has 20 heavy (non-hydrogen) atoms. The summed E-state index contributed by atoms with van der Waals surface area (Å²) in [6, 6.07) is -0.201. The summed E-state index contributed by atoms with van der Waals surface area (Å²) in [4.78, 5) is 26.0. The molecule has 0 radical (unpaired) electrons. The van der Waals surface area contributed by atoms with E-state index in [-0.39, 0.29) is 23.9 Å². The summed E-state index contributed by atoms with van der Waals surface area (Å²) in [7, 11) is 0. The summed E-state index contributed by atoms with van der Waals surface area (Å²) >= 11 is 0. The lowest BCUT2D eigenvalue weighted by Gasteiger charge is -2.16. The van der Waals surface area contributed by atoms with Gasteiger partial charge in [0.2, 0.25) is 0 Å². The number of hydrogen-bond donors (Lipinski definition) is 3. The zero-order valence-corrected chi connectivity index (χ0v) is 11.2. The Morgan fingerprint density at radius 2 is 2.40 bits per heavy atom. The number of aromatic carboxylic acids is 1. The predicted octanol–water partition coefficient (Wildman–Crippen LogP) is 0.0579. The molecule has 0 saturated carbocycles. The van der Waals surface area contributed by atoms with Crippen molar-refractivity contribution in [1.29, 1.82) is 0 Å². The first-order chi connectivity index (χ1) is 9.56. The molecule has 0 spiro atoms. The molecule has 2 heterocycles. The lowest BCUT2D eigenvalue weighted by atomic mass is 10.2. The largest absolute Gasteiger partial charge is 0.476 e. The van der Waals surface area contributed by atoms with Crippen LogP contribution in [0.15, 0.2) is 12.5 Å². The standard InChI is InChI=1S/C12H18N4O4/c1-8-9(2-5-20-8)15-12(19)13-3-4-16-6-10(11(17)18)14-7-16/h6-9H,2-5H2,1H3,(H,17,18)(H2,13,15,19). The van der Waals surface area contributed by atoms with Crippen molar-refractivity contribution in [2.75, 3.05) is 13.2 Å². The van der Waals surface area contributed by atoms with Crippen molar-refractivity contribution >= 4 is 12.0 Å². The number of carbonyl (C=O) groups excluding carboxylic acids is 1. The Kier molecular flexibility index (Phi) is 4.57. The van der Waals surface area contributed by atoms with E-state index in [0.717, 1.165) is 6.42 Å². The van der Waals surface area contributed by atoms with Gasteiger partial charge in [0.15, 0.2) is 5.69 Å². The summed E-state index contributed by atoms with van der Waals surface area (Å²) in [6.45, 7) is 3.45. The summed E-state index contributed by atoms with van der Waals surface area (Å²) in [5.41, 5.74) is -0.00798. The second-order valence-corrected chi connectivity index (χ2v) is 4.67. The number of nitrogens with one attached hydrogen (secondary N) is 2. The lowest BCUT2D eigenvalue weighted by molar-refractivity contribution is 0.0691. The maximum absolute atomic E-state index is 11.7. The van der Waals surface area contributed by atoms with Crippen LogP contribution in [0.25, 0.3) is 0 Å². The van der Waals surface area contributed by atoms with Crippen molar-refractivity contribution in [2.45, 2.75) is 32.0 Å². The highest BCUT2D eigenvalue weighted by Gasteiger charge is 2.25. The molecule has 2 atom stereocenters. The molecule has 0 aliphatic carbocycles. The van der Waals surface area contributed by atoms with Crippen molar-refractivity contribution in [3.63, 3.8) is 0 Å². The molecule has 3 N–H and O–H groups in total. The van der Waals surface area contributed by atoms with Crippen molar-refractivity contribution in [3.8, 4) is 0 Å². The van der Waals surface area contributed by atoms with Crippen molar-refractivity contribution < 1.29 is 19.4 Å². The highest BCUT2D eigenvalue weighted by molar-refractivity contribution is 5.84. The number of rotatable bonds is 5. The smallest absolute Gasteiger partial charge is 0.356 e. The van der Waals surface area contributed by atoms with Gasteiger partial charge in [-0.1, -0.05) is 0 Å². The molecule has 1 fully saturated rings. The fraction of sp³-hybridized carbons (Fsp3) is 0.583. The summed E-state index contributed by atoms with van der Waals surface area (Å²) in [5, 5.41) is 14.3. The van der Waals surface area contributed by atoms with Gasteiger partial charge in [-0.3, -0.25) is 0 Å². The van der Waals surface area contributed by atoms with Gasteiger partial charge in [-0.15, -0.1) is 0 Å². The van der Waals surface area contributed by atoms with E-state index >= 15 is 0 Å². The van der Waals surface area contributed by atoms with Crippen LogP contribution in [0.3, 0.4) is 0 Å². The quantitative estimate of drug-likeness (QED) is 0.708. The molecule has 8 nitrogen and oxygen atoms in total. The van der Waals surface area contributed by atoms with Crippen LogP contribution in [0.2, 0.25) is 0 Å². The number of carboxylic acids is 1. The Morgan fingerprint density at radius 1 is 1.60 bits per heavy atom. The van der Waals surface area contributed by atoms with Gasteiger partial charge in [-0.05, 0) is 13.3 Å². The van der Waals surface area contributed by atoms with Crippen molar-refractivity contribution in [1.82, 2.24) is 20.2 Å². The monoisotopic (exact) mass is 282 g/mol. The van der Waals surface area contributed by atoms with Crippen LogP contribution in [-0.4, -0.2) is 52.0 Å². The molecule has 1 aromatic heterocycles. The van der Waals surface area contributed by atoms with Crippen LogP contribution in [0.4, 0.5) is 4.79 Å². The van der Waals surface area contributed by atoms with Gasteiger partial charge >= 0.3 is 12.0 Å². The summed E-state index contributed by atoms with van der Waals surface area (Å²) < 4.78 is 6.97. The fourth-order valence-electron chi connectivity index (χ4n) is 2.03. The number of amides is 2. The van der Waals surface area contributed by atoms with Crippen LogP contribution in [0, 0.1) is 0 Å². The summed E-state index contributed by atoms with van der Waals surface area (Å²) in [5.74, 6) is -1.07. The Hall–Kier alpha value is -2.09. The van der Waals surface area contributed by atoms with Gasteiger partial charge in [-0.25, -0.2) is 14.6 Å². The molecule has 1 saturated heterocycles. The minimum absolute atomic E-state index is 0.00798. The molecule has 1 aliphatic heterocycles. The number of carbonyl (C=O) groups is 2. The molecule has 1 aliphatic rings. The number of carboxylic acid groups (broad SMARTS) is 1. The molecule has 0 aromatic carbocycles. The van der Waals surface area contributed by atoms with E-state index in [1.54, 1.807) is 4.57 Å². The van der Waals surface area contributed by atoms with Gasteiger partial charge in [0, 0.05) is 25.9 Å². The number of aromatic nitrogens is 2. The van der Waals surface area contributed by atoms with Crippen LogP contribution in [0.5, 0.6) is 0 Å². The second-order valence-electron chi connectivity index (χ2n) is 4.67. The third-order valence-corrected chi connectivity index (χ3v) is 3.20. The topological polar surface area (TPSA) is 105 Å². The van der Waals surface area contributed by atoms with Gasteiger partial charge < -0.3 is 25.0 Å². The van der Waals surface area contributed by atoms with Crippen molar-refractivity contribution in [3.05, 3.63) is 18.2 Å². The minimum atomic E-state index is -1.07. The average Bonchev–Trinajstić information content (AvgIpc) is 3.00. The van der Waals surface area contributed by atoms with E-state index in [9.17, 15) is 9.59 Å². The van der Waals surface area contributed by atoms with Gasteiger partial charge in [-0.2, -0.15) is 0 Å². The first-order valence-electron chi connectivity index (χ1n) is 6.47. The molecule has 8 heteroatoms. The first-order valence-corrected chi connectivity index (χ1v) is 6.47. The zero-order valence-electron chi connectivity index (χ0n) is 11.2. The third-order valence-electron chi connectivity index (χ3n) is 3.20. The highest BCUT2D eigenvalue weighted by Crippen LogP contribution is 2.11. The van der Waals surface area contributed by atoms with Crippen molar-refractivity contribution in [2.24, 2.45) is 0 Å². The van der Waals surface area contributed by atoms with E-state index in [2.05, 4.69) is 15.6 Å². The van der Waals surface area contributed by atoms with Crippen LogP contribution >= 0.6 is 0 Å². The third kappa shape index (κ3) is 3.70. The average molecular weight is 282 g/mol. The normalized spacial score (nSPS) is 21.6. The Balaban J connectivity index is 1.69. The molecule has 2 amide bonds. The number of imidazole rings is 1. The second kappa shape index (κ2) is 6.38. The molecular weight excluding hydrogens is 264 g/mol. The summed E-state index contributed by atoms with van der Waals surface area (Å²) in [6.07, 6.45) is 3.70. The first kappa shape index (κ1) is 14.3. The predicted molar refractivity (Wildman–Crippen MR) is 69.5 cm³/mol. The van der Waals surface area contributed by atoms with E-state index in [1.165, 1.54) is 12.5 Å².